The van der Waals surface area contributed by atoms with Gasteiger partial charge in [-0.25, -0.2) is 9.78 Å². The van der Waals surface area contributed by atoms with Crippen LogP contribution in [0.2, 0.25) is 0 Å². The summed E-state index contributed by atoms with van der Waals surface area (Å²) in [5.41, 5.74) is 9.67. The molecule has 45 heavy (non-hydrogen) atoms. The van der Waals surface area contributed by atoms with Crippen molar-refractivity contribution in [2.45, 2.75) is 64.0 Å². The van der Waals surface area contributed by atoms with Crippen LogP contribution in [0.4, 0.5) is 5.69 Å². The summed E-state index contributed by atoms with van der Waals surface area (Å²) in [4.78, 5) is 45.1. The molecule has 6 rings (SSSR count). The van der Waals surface area contributed by atoms with Crippen LogP contribution in [0.3, 0.4) is 0 Å². The average molecular weight is 625 g/mol. The number of hydrogen-bond donors (Lipinski definition) is 4. The van der Waals surface area contributed by atoms with E-state index in [1.165, 1.54) is 12.5 Å². The summed E-state index contributed by atoms with van der Waals surface area (Å²) in [6.45, 7) is 0.825. The molecule has 3 heterocycles. The molecular formula is C35H36N4O5S. The van der Waals surface area contributed by atoms with E-state index in [2.05, 4.69) is 21.7 Å². The number of anilines is 1. The zero-order chi connectivity index (χ0) is 31.3. The summed E-state index contributed by atoms with van der Waals surface area (Å²) in [6.07, 6.45) is 8.11. The van der Waals surface area contributed by atoms with Crippen molar-refractivity contribution >= 4 is 34.8 Å². The Labute approximate surface area is 265 Å². The van der Waals surface area contributed by atoms with E-state index in [-0.39, 0.29) is 28.6 Å². The summed E-state index contributed by atoms with van der Waals surface area (Å²) >= 11 is 1.57. The molecule has 1 fully saturated rings. The first kappa shape index (κ1) is 30.5. The highest BCUT2D eigenvalue weighted by Crippen LogP contribution is 2.43. The van der Waals surface area contributed by atoms with E-state index in [1.807, 2.05) is 17.5 Å². The van der Waals surface area contributed by atoms with Crippen LogP contribution in [0.15, 0.2) is 60.0 Å². The van der Waals surface area contributed by atoms with Crippen molar-refractivity contribution < 1.29 is 24.2 Å². The van der Waals surface area contributed by atoms with E-state index in [1.54, 1.807) is 41.7 Å². The topological polar surface area (TPSA) is 144 Å². The largest absolute Gasteiger partial charge is 0.493 e. The Balaban J connectivity index is 1.40. The number of rotatable bonds is 7. The van der Waals surface area contributed by atoms with Gasteiger partial charge in [0.2, 0.25) is 0 Å². The van der Waals surface area contributed by atoms with Crippen LogP contribution in [0.1, 0.15) is 87.4 Å². The lowest BCUT2D eigenvalue weighted by atomic mass is 9.93. The molecular weight excluding hydrogens is 588 g/mol. The Morgan fingerprint density at radius 3 is 2.40 bits per heavy atom. The number of carboxylic acids is 1. The molecule has 0 spiro atoms. The van der Waals surface area contributed by atoms with Crippen LogP contribution >= 0.6 is 11.3 Å². The predicted octanol–water partition coefficient (Wildman–Crippen LogP) is 6.66. The number of nitrogens with two attached hydrogens (primary N) is 1. The summed E-state index contributed by atoms with van der Waals surface area (Å²) in [5, 5.41) is 18.3. The zero-order valence-corrected chi connectivity index (χ0v) is 25.8. The molecule has 2 aromatic heterocycles. The number of pyridine rings is 1. The quantitative estimate of drug-likeness (QED) is 0.180. The van der Waals surface area contributed by atoms with Crippen molar-refractivity contribution in [2.75, 3.05) is 11.9 Å². The van der Waals surface area contributed by atoms with Gasteiger partial charge >= 0.3 is 5.97 Å². The molecule has 232 valence electrons. The number of aromatic carboxylic acids is 1. The fourth-order valence-corrected chi connectivity index (χ4v) is 7.05. The van der Waals surface area contributed by atoms with Gasteiger partial charge in [0, 0.05) is 51.8 Å². The molecule has 1 aliphatic carbocycles. The molecule has 1 saturated carbocycles. The lowest BCUT2D eigenvalue weighted by Crippen LogP contribution is -2.36. The first-order valence-corrected chi connectivity index (χ1v) is 16.3. The van der Waals surface area contributed by atoms with Crippen molar-refractivity contribution in [1.82, 2.24) is 10.3 Å². The molecule has 4 aromatic rings. The monoisotopic (exact) mass is 624 g/mol. The van der Waals surface area contributed by atoms with Crippen molar-refractivity contribution in [3.05, 3.63) is 88.1 Å². The van der Waals surface area contributed by atoms with Gasteiger partial charge < -0.3 is 26.2 Å². The summed E-state index contributed by atoms with van der Waals surface area (Å²) < 4.78 is 6.13. The molecule has 10 heteroatoms. The maximum Gasteiger partial charge on any atom is 0.355 e. The highest BCUT2D eigenvalue weighted by molar-refractivity contribution is 7.13. The number of carboxylic acid groups (broad SMARTS) is 1. The van der Waals surface area contributed by atoms with Gasteiger partial charge in [-0.05, 0) is 71.8 Å². The molecule has 2 amide bonds. The molecule has 9 nitrogen and oxygen atoms in total. The van der Waals surface area contributed by atoms with Crippen molar-refractivity contribution in [3.63, 3.8) is 0 Å². The molecule has 0 unspecified atom stereocenters. The minimum atomic E-state index is -1.30. The van der Waals surface area contributed by atoms with E-state index < -0.39 is 17.8 Å². The summed E-state index contributed by atoms with van der Waals surface area (Å²) in [7, 11) is 0. The number of thiophene rings is 1. The molecule has 0 atom stereocenters. The minimum Gasteiger partial charge on any atom is -0.493 e. The highest BCUT2D eigenvalue weighted by atomic mass is 32.1. The summed E-state index contributed by atoms with van der Waals surface area (Å²) in [5.74, 6) is -1.56. The molecule has 0 bridgehead atoms. The van der Waals surface area contributed by atoms with Crippen LogP contribution in [-0.2, 0) is 13.0 Å². The molecule has 0 radical (unpaired) electrons. The second kappa shape index (κ2) is 13.6. The Kier molecular flexibility index (Phi) is 9.23. The zero-order valence-electron chi connectivity index (χ0n) is 24.9. The Bertz CT molecular complexity index is 1720. The predicted molar refractivity (Wildman–Crippen MR) is 175 cm³/mol. The summed E-state index contributed by atoms with van der Waals surface area (Å²) in [6, 6.07) is 15.9. The smallest absolute Gasteiger partial charge is 0.355 e. The van der Waals surface area contributed by atoms with E-state index in [0.29, 0.717) is 36.6 Å². The number of fused-ring (bicyclic) bond motifs is 3. The van der Waals surface area contributed by atoms with Gasteiger partial charge in [0.05, 0.1) is 6.61 Å². The van der Waals surface area contributed by atoms with Gasteiger partial charge in [0.25, 0.3) is 11.8 Å². The van der Waals surface area contributed by atoms with Gasteiger partial charge in [0.15, 0.2) is 5.69 Å². The maximum atomic E-state index is 13.9. The third-order valence-electron chi connectivity index (χ3n) is 8.49. The third kappa shape index (κ3) is 6.77. The Morgan fingerprint density at radius 2 is 1.67 bits per heavy atom. The molecule has 2 aliphatic rings. The van der Waals surface area contributed by atoms with E-state index >= 15 is 0 Å². The number of ether oxygens (including phenoxy) is 1. The fourth-order valence-electron chi connectivity index (χ4n) is 6.08. The first-order valence-electron chi connectivity index (χ1n) is 15.4. The molecule has 2 aromatic carbocycles. The minimum absolute atomic E-state index is 0.0263. The van der Waals surface area contributed by atoms with Gasteiger partial charge in [-0.3, -0.25) is 9.59 Å². The fraction of sp³-hybridized carbons (Fsp3) is 0.314. The van der Waals surface area contributed by atoms with E-state index in [0.717, 1.165) is 60.1 Å². The van der Waals surface area contributed by atoms with Crippen LogP contribution in [0.25, 0.3) is 21.6 Å². The highest BCUT2D eigenvalue weighted by Gasteiger charge is 2.27. The van der Waals surface area contributed by atoms with Crippen LogP contribution in [0, 0.1) is 0 Å². The number of carbonyl (C=O) groups is 3. The number of benzene rings is 2. The SMILES string of the molecule is NCc1ccc(NC(=O)c2cc3c(cc2-c2ccc(C(=O)NC4CCCCCCC4)nc2C(=O)O)OCCc2ccsc2-3)cc1. The lowest BCUT2D eigenvalue weighted by molar-refractivity contribution is 0.0691. The van der Waals surface area contributed by atoms with Crippen LogP contribution in [0.5, 0.6) is 5.75 Å². The van der Waals surface area contributed by atoms with Crippen molar-refractivity contribution in [2.24, 2.45) is 5.73 Å². The van der Waals surface area contributed by atoms with E-state index in [4.69, 9.17) is 10.5 Å². The van der Waals surface area contributed by atoms with Gasteiger partial charge in [-0.15, -0.1) is 11.3 Å². The Morgan fingerprint density at radius 1 is 0.911 bits per heavy atom. The van der Waals surface area contributed by atoms with Gasteiger partial charge in [-0.2, -0.15) is 0 Å². The van der Waals surface area contributed by atoms with Crippen LogP contribution < -0.4 is 21.1 Å². The molecule has 5 N–H and O–H groups in total. The maximum absolute atomic E-state index is 13.9. The number of aromatic nitrogens is 1. The third-order valence-corrected chi connectivity index (χ3v) is 9.48. The number of hydrogen-bond acceptors (Lipinski definition) is 7. The molecule has 1 aliphatic heterocycles. The van der Waals surface area contributed by atoms with Crippen molar-refractivity contribution in [3.8, 4) is 27.3 Å². The number of amides is 2. The van der Waals surface area contributed by atoms with Crippen LogP contribution in [-0.4, -0.2) is 40.5 Å². The molecule has 0 saturated heterocycles. The van der Waals surface area contributed by atoms with Gasteiger partial charge in [-0.1, -0.05) is 44.2 Å². The first-order chi connectivity index (χ1) is 21.9. The Hall–Kier alpha value is -4.54. The van der Waals surface area contributed by atoms with E-state index in [9.17, 15) is 19.5 Å². The van der Waals surface area contributed by atoms with Crippen molar-refractivity contribution in [1.29, 1.82) is 0 Å². The van der Waals surface area contributed by atoms with Gasteiger partial charge in [0.1, 0.15) is 11.4 Å². The second-order valence-corrected chi connectivity index (χ2v) is 12.5. The second-order valence-electron chi connectivity index (χ2n) is 11.5. The number of carbonyl (C=O) groups excluding carboxylic acids is 2. The average Bonchev–Trinajstić information content (AvgIpc) is 3.43. The number of nitrogens with zero attached hydrogens (tertiary/aromatic N) is 1. The standard InChI is InChI=1S/C35H36N4O5S/c36-20-21-8-10-24(11-9-21)37-33(40)27-18-28-30(44-16-14-22-15-17-45-32(22)28)19-26(27)25-12-13-29(39-31(25)35(42)43)34(41)38-23-6-4-2-1-3-5-7-23/h8-13,15,17-19,23H,1-7,14,16,20,36H2,(H,37,40)(H,38,41)(H,42,43). The lowest BCUT2D eigenvalue weighted by Gasteiger charge is -2.21. The number of nitrogens with one attached hydrogen (secondary N) is 2. The normalized spacial score (nSPS) is 15.0.